The predicted octanol–water partition coefficient (Wildman–Crippen LogP) is 3.90. The third-order valence-electron chi connectivity index (χ3n) is 6.15. The number of methoxy groups -OCH3 is 1. The molecule has 3 rings (SSSR count). The van der Waals surface area contributed by atoms with Gasteiger partial charge in [0.25, 0.3) is 0 Å². The molecule has 0 aromatic heterocycles. The van der Waals surface area contributed by atoms with Crippen molar-refractivity contribution in [3.05, 3.63) is 58.7 Å². The Hall–Kier alpha value is -2.38. The molecular formula is C24H32N2O4S. The van der Waals surface area contributed by atoms with Crippen LogP contribution in [0.25, 0.3) is 0 Å². The van der Waals surface area contributed by atoms with E-state index in [9.17, 15) is 13.2 Å². The van der Waals surface area contributed by atoms with Crippen LogP contribution in [-0.4, -0.2) is 38.8 Å². The van der Waals surface area contributed by atoms with Crippen molar-refractivity contribution in [2.45, 2.75) is 51.5 Å². The molecule has 0 aliphatic carbocycles. The van der Waals surface area contributed by atoms with E-state index in [1.165, 1.54) is 4.31 Å². The molecule has 1 heterocycles. The number of hydrogen-bond acceptors (Lipinski definition) is 4. The van der Waals surface area contributed by atoms with Crippen molar-refractivity contribution in [2.24, 2.45) is 5.92 Å². The molecular weight excluding hydrogens is 412 g/mol. The molecule has 0 saturated carbocycles. The summed E-state index contributed by atoms with van der Waals surface area (Å²) in [7, 11) is -1.93. The quantitative estimate of drug-likeness (QED) is 0.733. The summed E-state index contributed by atoms with van der Waals surface area (Å²) >= 11 is 0. The zero-order valence-corrected chi connectivity index (χ0v) is 19.8. The Kier molecular flexibility index (Phi) is 7.06. The van der Waals surface area contributed by atoms with Gasteiger partial charge in [-0.25, -0.2) is 8.42 Å². The topological polar surface area (TPSA) is 75.7 Å². The van der Waals surface area contributed by atoms with Gasteiger partial charge in [0.2, 0.25) is 15.9 Å². The molecule has 0 radical (unpaired) electrons. The number of hydrogen-bond donors (Lipinski definition) is 1. The molecule has 1 saturated heterocycles. The molecule has 168 valence electrons. The summed E-state index contributed by atoms with van der Waals surface area (Å²) in [6, 6.07) is 10.9. The number of carbonyl (C=O) groups is 1. The maximum Gasteiger partial charge on any atom is 0.243 e. The lowest BCUT2D eigenvalue weighted by molar-refractivity contribution is -0.126. The Morgan fingerprint density at radius 1 is 1.06 bits per heavy atom. The van der Waals surface area contributed by atoms with E-state index < -0.39 is 10.0 Å². The lowest BCUT2D eigenvalue weighted by atomic mass is 9.96. The Bertz CT molecular complexity index is 1060. The SMILES string of the molecule is COc1ccc(C)cc1C(C)NC(=O)C1CCN(S(=O)(=O)c2ccc(C)c(C)c2)CC1. The minimum atomic E-state index is -3.55. The second-order valence-corrected chi connectivity index (χ2v) is 10.3. The highest BCUT2D eigenvalue weighted by Gasteiger charge is 2.32. The Labute approximate surface area is 185 Å². The van der Waals surface area contributed by atoms with Crippen LogP contribution < -0.4 is 10.1 Å². The van der Waals surface area contributed by atoms with Crippen LogP contribution in [0.2, 0.25) is 0 Å². The predicted molar refractivity (Wildman–Crippen MR) is 122 cm³/mol. The van der Waals surface area contributed by atoms with E-state index in [0.29, 0.717) is 30.8 Å². The van der Waals surface area contributed by atoms with Crippen molar-refractivity contribution < 1.29 is 17.9 Å². The Morgan fingerprint density at radius 3 is 2.35 bits per heavy atom. The summed E-state index contributed by atoms with van der Waals surface area (Å²) in [5, 5.41) is 3.08. The average Bonchev–Trinajstić information content (AvgIpc) is 2.75. The Balaban J connectivity index is 1.63. The van der Waals surface area contributed by atoms with Crippen LogP contribution in [0, 0.1) is 26.7 Å². The molecule has 2 aromatic rings. The van der Waals surface area contributed by atoms with Gasteiger partial charge in [-0.15, -0.1) is 0 Å². The van der Waals surface area contributed by atoms with E-state index >= 15 is 0 Å². The van der Waals surface area contributed by atoms with Crippen LogP contribution in [0.5, 0.6) is 5.75 Å². The van der Waals surface area contributed by atoms with Gasteiger partial charge in [-0.05, 0) is 69.9 Å². The zero-order valence-electron chi connectivity index (χ0n) is 18.9. The van der Waals surface area contributed by atoms with Gasteiger partial charge in [-0.2, -0.15) is 4.31 Å². The van der Waals surface area contributed by atoms with E-state index in [1.54, 1.807) is 19.2 Å². The van der Waals surface area contributed by atoms with Gasteiger partial charge in [-0.1, -0.05) is 23.8 Å². The van der Waals surface area contributed by atoms with E-state index in [-0.39, 0.29) is 17.9 Å². The highest BCUT2D eigenvalue weighted by Crippen LogP contribution is 2.28. The fourth-order valence-corrected chi connectivity index (χ4v) is 5.54. The number of nitrogens with one attached hydrogen (secondary N) is 1. The normalized spacial score (nSPS) is 16.7. The van der Waals surface area contributed by atoms with Gasteiger partial charge in [0.05, 0.1) is 18.0 Å². The first-order valence-corrected chi connectivity index (χ1v) is 12.1. The molecule has 7 heteroatoms. The number of sulfonamides is 1. The van der Waals surface area contributed by atoms with E-state index in [1.807, 2.05) is 52.0 Å². The Morgan fingerprint density at radius 2 is 1.74 bits per heavy atom. The summed E-state index contributed by atoms with van der Waals surface area (Å²) in [6.07, 6.45) is 1.02. The molecule has 0 spiro atoms. The van der Waals surface area contributed by atoms with Crippen molar-refractivity contribution >= 4 is 15.9 Å². The second kappa shape index (κ2) is 9.40. The molecule has 2 aromatic carbocycles. The number of nitrogens with zero attached hydrogens (tertiary/aromatic N) is 1. The summed E-state index contributed by atoms with van der Waals surface area (Å²) in [5.41, 5.74) is 4.05. The van der Waals surface area contributed by atoms with Crippen LogP contribution in [0.1, 0.15) is 48.1 Å². The van der Waals surface area contributed by atoms with Crippen molar-refractivity contribution in [2.75, 3.05) is 20.2 Å². The van der Waals surface area contributed by atoms with E-state index in [0.717, 1.165) is 28.0 Å². The van der Waals surface area contributed by atoms with Gasteiger partial charge in [0, 0.05) is 24.6 Å². The van der Waals surface area contributed by atoms with Crippen molar-refractivity contribution in [1.29, 1.82) is 0 Å². The summed E-state index contributed by atoms with van der Waals surface area (Å²) < 4.78 is 32.9. The molecule has 1 amide bonds. The van der Waals surface area contributed by atoms with Gasteiger partial charge < -0.3 is 10.1 Å². The fraction of sp³-hybridized carbons (Fsp3) is 0.458. The molecule has 1 fully saturated rings. The molecule has 1 unspecified atom stereocenters. The smallest absolute Gasteiger partial charge is 0.243 e. The maximum absolute atomic E-state index is 13.0. The number of ether oxygens (including phenoxy) is 1. The highest BCUT2D eigenvalue weighted by molar-refractivity contribution is 7.89. The van der Waals surface area contributed by atoms with Crippen LogP contribution in [0.3, 0.4) is 0 Å². The zero-order chi connectivity index (χ0) is 22.8. The van der Waals surface area contributed by atoms with Crippen molar-refractivity contribution in [3.63, 3.8) is 0 Å². The standard InChI is InChI=1S/C24H32N2O4S/c1-16-6-9-23(30-5)22(14-16)19(4)25-24(27)20-10-12-26(13-11-20)31(28,29)21-8-7-17(2)18(3)15-21/h6-9,14-15,19-20H,10-13H2,1-5H3,(H,25,27). The van der Waals surface area contributed by atoms with Crippen molar-refractivity contribution in [3.8, 4) is 5.75 Å². The summed E-state index contributed by atoms with van der Waals surface area (Å²) in [4.78, 5) is 13.2. The minimum Gasteiger partial charge on any atom is -0.496 e. The lowest BCUT2D eigenvalue weighted by Gasteiger charge is -2.31. The molecule has 1 aliphatic rings. The van der Waals surface area contributed by atoms with Crippen LogP contribution in [0.15, 0.2) is 41.3 Å². The van der Waals surface area contributed by atoms with Crippen molar-refractivity contribution in [1.82, 2.24) is 9.62 Å². The first-order valence-electron chi connectivity index (χ1n) is 10.7. The monoisotopic (exact) mass is 444 g/mol. The number of aryl methyl sites for hydroxylation is 3. The first-order chi connectivity index (χ1) is 14.6. The van der Waals surface area contributed by atoms with E-state index in [4.69, 9.17) is 4.74 Å². The number of benzene rings is 2. The summed E-state index contributed by atoms with van der Waals surface area (Å²) in [6.45, 7) is 8.50. The van der Waals surface area contributed by atoms with Crippen LogP contribution in [0.4, 0.5) is 0 Å². The van der Waals surface area contributed by atoms with Crippen LogP contribution in [-0.2, 0) is 14.8 Å². The van der Waals surface area contributed by atoms with Gasteiger partial charge in [-0.3, -0.25) is 4.79 Å². The largest absolute Gasteiger partial charge is 0.496 e. The molecule has 6 nitrogen and oxygen atoms in total. The van der Waals surface area contributed by atoms with Gasteiger partial charge in [0.15, 0.2) is 0 Å². The van der Waals surface area contributed by atoms with Gasteiger partial charge >= 0.3 is 0 Å². The molecule has 1 N–H and O–H groups in total. The molecule has 1 atom stereocenters. The molecule has 31 heavy (non-hydrogen) atoms. The number of piperidine rings is 1. The number of carbonyl (C=O) groups excluding carboxylic acids is 1. The van der Waals surface area contributed by atoms with Gasteiger partial charge in [0.1, 0.15) is 5.75 Å². The number of rotatable bonds is 6. The van der Waals surface area contributed by atoms with Crippen LogP contribution >= 0.6 is 0 Å². The maximum atomic E-state index is 13.0. The minimum absolute atomic E-state index is 0.0423. The summed E-state index contributed by atoms with van der Waals surface area (Å²) in [5.74, 6) is 0.497. The molecule has 1 aliphatic heterocycles. The molecule has 0 bridgehead atoms. The first kappa shape index (κ1) is 23.3. The third kappa shape index (κ3) is 5.10. The lowest BCUT2D eigenvalue weighted by Crippen LogP contribution is -2.43. The average molecular weight is 445 g/mol. The van der Waals surface area contributed by atoms with E-state index in [2.05, 4.69) is 5.32 Å². The highest BCUT2D eigenvalue weighted by atomic mass is 32.2. The second-order valence-electron chi connectivity index (χ2n) is 8.40. The third-order valence-corrected chi connectivity index (χ3v) is 8.05. The number of amides is 1. The fourth-order valence-electron chi connectivity index (χ4n) is 3.98.